The van der Waals surface area contributed by atoms with Crippen molar-refractivity contribution >= 4 is 0 Å². The molecule has 0 radical (unpaired) electrons. The lowest BCUT2D eigenvalue weighted by atomic mass is 10.2. The van der Waals surface area contributed by atoms with E-state index < -0.39 is 0 Å². The van der Waals surface area contributed by atoms with E-state index in [1.807, 2.05) is 19.1 Å². The second kappa shape index (κ2) is 7.90. The lowest BCUT2D eigenvalue weighted by Crippen LogP contribution is -2.25. The zero-order valence-corrected chi connectivity index (χ0v) is 12.6. The van der Waals surface area contributed by atoms with Crippen LogP contribution in [0.3, 0.4) is 0 Å². The monoisotopic (exact) mass is 291 g/mol. The highest BCUT2D eigenvalue weighted by Crippen LogP contribution is 2.12. The van der Waals surface area contributed by atoms with E-state index in [4.69, 9.17) is 4.74 Å². The summed E-state index contributed by atoms with van der Waals surface area (Å²) in [6.45, 7) is 5.22. The third-order valence-electron chi connectivity index (χ3n) is 3.45. The Hall–Kier alpha value is -1.72. The molecule has 5 heteroatoms. The van der Waals surface area contributed by atoms with E-state index in [2.05, 4.69) is 14.9 Å². The van der Waals surface area contributed by atoms with Crippen molar-refractivity contribution in [3.05, 3.63) is 53.4 Å². The number of methoxy groups -OCH3 is 1. The summed E-state index contributed by atoms with van der Waals surface area (Å²) in [5, 5.41) is 0. The topological polar surface area (TPSA) is 41.1 Å². The number of nitrogens with zero attached hydrogens (tertiary/aromatic N) is 2. The summed E-state index contributed by atoms with van der Waals surface area (Å²) < 4.78 is 18.1. The smallest absolute Gasteiger partial charge is 0.123 e. The lowest BCUT2D eigenvalue weighted by molar-refractivity contribution is 0.166. The van der Waals surface area contributed by atoms with Crippen LogP contribution in [0.5, 0.6) is 0 Å². The van der Waals surface area contributed by atoms with E-state index in [1.54, 1.807) is 13.4 Å². The van der Waals surface area contributed by atoms with E-state index in [1.165, 1.54) is 12.1 Å². The van der Waals surface area contributed by atoms with Gasteiger partial charge in [0.2, 0.25) is 0 Å². The molecule has 0 amide bonds. The molecule has 0 bridgehead atoms. The summed E-state index contributed by atoms with van der Waals surface area (Å²) in [5.41, 5.74) is 3.24. The normalized spacial score (nSPS) is 11.2. The molecule has 0 aliphatic carbocycles. The second-order valence-electron chi connectivity index (χ2n) is 5.16. The summed E-state index contributed by atoms with van der Waals surface area (Å²) >= 11 is 0. The van der Waals surface area contributed by atoms with Gasteiger partial charge < -0.3 is 9.72 Å². The van der Waals surface area contributed by atoms with Gasteiger partial charge in [-0.05, 0) is 31.0 Å². The number of hydrogen-bond donors (Lipinski definition) is 1. The summed E-state index contributed by atoms with van der Waals surface area (Å²) in [6.07, 6.45) is 2.68. The molecule has 0 fully saturated rings. The first-order chi connectivity index (χ1) is 10.2. The summed E-state index contributed by atoms with van der Waals surface area (Å²) in [5.74, 6) is -0.201. The predicted molar refractivity (Wildman–Crippen MR) is 80.3 cm³/mol. The molecule has 21 heavy (non-hydrogen) atoms. The summed E-state index contributed by atoms with van der Waals surface area (Å²) in [7, 11) is 1.71. The molecule has 4 nitrogen and oxygen atoms in total. The van der Waals surface area contributed by atoms with Crippen LogP contribution in [0.2, 0.25) is 0 Å². The zero-order valence-electron chi connectivity index (χ0n) is 12.6. The van der Waals surface area contributed by atoms with Gasteiger partial charge in [-0.3, -0.25) is 4.90 Å². The highest BCUT2D eigenvalue weighted by molar-refractivity contribution is 5.16. The van der Waals surface area contributed by atoms with Crippen LogP contribution in [0, 0.1) is 12.7 Å². The Balaban J connectivity index is 2.00. The second-order valence-corrected chi connectivity index (χ2v) is 5.16. The van der Waals surface area contributed by atoms with Crippen LogP contribution < -0.4 is 0 Å². The number of aromatic nitrogens is 2. The molecule has 0 spiro atoms. The van der Waals surface area contributed by atoms with E-state index in [0.717, 1.165) is 49.6 Å². The highest BCUT2D eigenvalue weighted by Gasteiger charge is 2.10. The van der Waals surface area contributed by atoms with Gasteiger partial charge in [0.1, 0.15) is 5.82 Å². The number of halogens is 1. The summed E-state index contributed by atoms with van der Waals surface area (Å²) in [4.78, 5) is 9.75. The molecule has 0 atom stereocenters. The van der Waals surface area contributed by atoms with Gasteiger partial charge in [-0.1, -0.05) is 12.1 Å². The molecule has 2 rings (SSSR count). The average Bonchev–Trinajstić information content (AvgIpc) is 2.87. The maximum absolute atomic E-state index is 13.0. The van der Waals surface area contributed by atoms with E-state index in [-0.39, 0.29) is 5.82 Å². The number of ether oxygens (including phenoxy) is 1. The molecule has 0 aliphatic rings. The molecule has 0 saturated carbocycles. The molecule has 0 aliphatic heterocycles. The number of H-pyrrole nitrogens is 1. The number of hydrogen-bond acceptors (Lipinski definition) is 3. The van der Waals surface area contributed by atoms with Gasteiger partial charge in [-0.15, -0.1) is 0 Å². The molecule has 0 saturated heterocycles. The van der Waals surface area contributed by atoms with Crippen LogP contribution in [-0.2, 0) is 17.8 Å². The zero-order chi connectivity index (χ0) is 15.1. The predicted octanol–water partition coefficient (Wildman–Crippen LogP) is 2.90. The fourth-order valence-corrected chi connectivity index (χ4v) is 2.25. The first-order valence-corrected chi connectivity index (χ1v) is 7.13. The molecule has 1 N–H and O–H groups in total. The largest absolute Gasteiger partial charge is 0.385 e. The first kappa shape index (κ1) is 15.7. The number of nitrogens with one attached hydrogen (secondary N) is 1. The van der Waals surface area contributed by atoms with E-state index in [0.29, 0.717) is 0 Å². The lowest BCUT2D eigenvalue weighted by Gasteiger charge is -2.21. The standard InChI is InChI=1S/C16H22FN3O/c1-13-16(19-12-18-13)11-20(8-3-9-21-2)10-14-4-6-15(17)7-5-14/h4-7,12H,3,8-11H2,1-2H3,(H,18,19). The van der Waals surface area contributed by atoms with E-state index in [9.17, 15) is 4.39 Å². The van der Waals surface area contributed by atoms with Crippen molar-refractivity contribution in [2.75, 3.05) is 20.3 Å². The number of aromatic amines is 1. The van der Waals surface area contributed by atoms with Gasteiger partial charge >= 0.3 is 0 Å². The Kier molecular flexibility index (Phi) is 5.90. The number of aryl methyl sites for hydroxylation is 1. The van der Waals surface area contributed by atoms with Gasteiger partial charge in [0.05, 0.1) is 12.0 Å². The van der Waals surface area contributed by atoms with Gasteiger partial charge in [-0.2, -0.15) is 0 Å². The van der Waals surface area contributed by atoms with Crippen molar-refractivity contribution in [2.45, 2.75) is 26.4 Å². The Morgan fingerprint density at radius 2 is 2.00 bits per heavy atom. The third kappa shape index (κ3) is 4.95. The van der Waals surface area contributed by atoms with Crippen LogP contribution in [0.1, 0.15) is 23.4 Å². The van der Waals surface area contributed by atoms with Gasteiger partial charge in [0, 0.05) is 39.0 Å². The van der Waals surface area contributed by atoms with Crippen molar-refractivity contribution in [1.29, 1.82) is 0 Å². The fourth-order valence-electron chi connectivity index (χ4n) is 2.25. The van der Waals surface area contributed by atoms with Crippen LogP contribution >= 0.6 is 0 Å². The van der Waals surface area contributed by atoms with Crippen molar-refractivity contribution in [3.8, 4) is 0 Å². The third-order valence-corrected chi connectivity index (χ3v) is 3.45. The van der Waals surface area contributed by atoms with Crippen molar-refractivity contribution in [2.24, 2.45) is 0 Å². The fraction of sp³-hybridized carbons (Fsp3) is 0.438. The van der Waals surface area contributed by atoms with Crippen molar-refractivity contribution in [3.63, 3.8) is 0 Å². The van der Waals surface area contributed by atoms with E-state index >= 15 is 0 Å². The number of benzene rings is 1. The minimum atomic E-state index is -0.201. The minimum absolute atomic E-state index is 0.201. The molecular weight excluding hydrogens is 269 g/mol. The molecule has 1 heterocycles. The van der Waals surface area contributed by atoms with Crippen LogP contribution in [-0.4, -0.2) is 35.1 Å². The number of rotatable bonds is 8. The molecule has 0 unspecified atom stereocenters. The van der Waals surface area contributed by atoms with Gasteiger partial charge in [0.25, 0.3) is 0 Å². The Morgan fingerprint density at radius 3 is 2.62 bits per heavy atom. The van der Waals surface area contributed by atoms with Crippen molar-refractivity contribution < 1.29 is 9.13 Å². The highest BCUT2D eigenvalue weighted by atomic mass is 19.1. The average molecular weight is 291 g/mol. The maximum atomic E-state index is 13.0. The minimum Gasteiger partial charge on any atom is -0.385 e. The van der Waals surface area contributed by atoms with Crippen LogP contribution in [0.4, 0.5) is 4.39 Å². The molecule has 1 aromatic carbocycles. The quantitative estimate of drug-likeness (QED) is 0.760. The molecule has 114 valence electrons. The maximum Gasteiger partial charge on any atom is 0.123 e. The SMILES string of the molecule is COCCCN(Cc1ccc(F)cc1)Cc1nc[nH]c1C. The first-order valence-electron chi connectivity index (χ1n) is 7.13. The molecular formula is C16H22FN3O. The van der Waals surface area contributed by atoms with Gasteiger partial charge in [0.15, 0.2) is 0 Å². The summed E-state index contributed by atoms with van der Waals surface area (Å²) in [6, 6.07) is 6.66. The molecule has 1 aromatic heterocycles. The Bertz CT molecular complexity index is 539. The van der Waals surface area contributed by atoms with Crippen LogP contribution in [0.15, 0.2) is 30.6 Å². The van der Waals surface area contributed by atoms with Crippen LogP contribution in [0.25, 0.3) is 0 Å². The van der Waals surface area contributed by atoms with Gasteiger partial charge in [-0.25, -0.2) is 9.37 Å². The molecule has 2 aromatic rings. The Morgan fingerprint density at radius 1 is 1.24 bits per heavy atom. The van der Waals surface area contributed by atoms with Crippen molar-refractivity contribution in [1.82, 2.24) is 14.9 Å². The Labute approximate surface area is 125 Å². The number of imidazole rings is 1.